The van der Waals surface area contributed by atoms with E-state index in [4.69, 9.17) is 0 Å². The predicted molar refractivity (Wildman–Crippen MR) is 94.8 cm³/mol. The molecule has 23 heavy (non-hydrogen) atoms. The lowest BCUT2D eigenvalue weighted by Crippen LogP contribution is -2.60. The zero-order chi connectivity index (χ0) is 15.8. The molecule has 3 N–H and O–H groups in total. The summed E-state index contributed by atoms with van der Waals surface area (Å²) in [6.07, 6.45) is 9.47. The third-order valence-corrected chi connectivity index (χ3v) is 4.93. The maximum absolute atomic E-state index is 12.6. The molecule has 2 fully saturated rings. The minimum absolute atomic E-state index is 0. The molecule has 6 heteroatoms. The van der Waals surface area contributed by atoms with Crippen molar-refractivity contribution in [3.05, 3.63) is 0 Å². The normalized spacial score (nSPS) is 22.9. The predicted octanol–water partition coefficient (Wildman–Crippen LogP) is 2.29. The standard InChI is InChI=1S/C17H31N3O2.ClH/c1-2-3-11-19-16(22)17(9-5-4-6-10-17)20-15(21)13-14-8-7-12-18-14;/h14,18H,2-13H2,1H3,(H,19,22)(H,20,21);1H. The largest absolute Gasteiger partial charge is 0.354 e. The average Bonchev–Trinajstić information content (AvgIpc) is 3.01. The van der Waals surface area contributed by atoms with E-state index in [1.54, 1.807) is 0 Å². The van der Waals surface area contributed by atoms with Crippen molar-refractivity contribution >= 4 is 24.2 Å². The molecular weight excluding hydrogens is 314 g/mol. The van der Waals surface area contributed by atoms with Gasteiger partial charge in [0.2, 0.25) is 11.8 Å². The fraction of sp³-hybridized carbons (Fsp3) is 0.882. The molecule has 0 aromatic carbocycles. The van der Waals surface area contributed by atoms with Crippen LogP contribution in [0.3, 0.4) is 0 Å². The highest BCUT2D eigenvalue weighted by Crippen LogP contribution is 2.29. The summed E-state index contributed by atoms with van der Waals surface area (Å²) in [5.74, 6) is 0.0420. The third kappa shape index (κ3) is 5.96. The molecule has 1 saturated carbocycles. The van der Waals surface area contributed by atoms with Crippen molar-refractivity contribution in [3.63, 3.8) is 0 Å². The Kier molecular flexibility index (Phi) is 8.92. The van der Waals surface area contributed by atoms with Crippen LogP contribution in [0.25, 0.3) is 0 Å². The SMILES string of the molecule is CCCCNC(=O)C1(NC(=O)CC2CCCN2)CCCCC1.Cl. The van der Waals surface area contributed by atoms with Gasteiger partial charge < -0.3 is 16.0 Å². The van der Waals surface area contributed by atoms with Gasteiger partial charge in [-0.2, -0.15) is 0 Å². The van der Waals surface area contributed by atoms with Crippen molar-refractivity contribution in [2.45, 2.75) is 82.7 Å². The topological polar surface area (TPSA) is 70.2 Å². The molecule has 2 rings (SSSR count). The Hall–Kier alpha value is -0.810. The molecule has 0 bridgehead atoms. The van der Waals surface area contributed by atoms with Gasteiger partial charge in [0, 0.05) is 19.0 Å². The number of halogens is 1. The monoisotopic (exact) mass is 345 g/mol. The Balaban J connectivity index is 0.00000264. The minimum atomic E-state index is -0.665. The Morgan fingerprint density at radius 3 is 2.52 bits per heavy atom. The molecule has 0 spiro atoms. The van der Waals surface area contributed by atoms with E-state index in [2.05, 4.69) is 22.9 Å². The Labute approximate surface area is 146 Å². The van der Waals surface area contributed by atoms with Gasteiger partial charge in [0.25, 0.3) is 0 Å². The highest BCUT2D eigenvalue weighted by atomic mass is 35.5. The molecule has 1 unspecified atom stereocenters. The van der Waals surface area contributed by atoms with Crippen molar-refractivity contribution in [3.8, 4) is 0 Å². The van der Waals surface area contributed by atoms with Crippen LogP contribution in [-0.2, 0) is 9.59 Å². The first kappa shape index (κ1) is 20.2. The summed E-state index contributed by atoms with van der Waals surface area (Å²) in [6.45, 7) is 3.82. The first-order valence-electron chi connectivity index (χ1n) is 8.99. The molecule has 1 heterocycles. The molecule has 1 atom stereocenters. The van der Waals surface area contributed by atoms with Gasteiger partial charge in [0.15, 0.2) is 0 Å². The number of amides is 2. The van der Waals surface area contributed by atoms with Gasteiger partial charge in [-0.15, -0.1) is 12.4 Å². The average molecular weight is 346 g/mol. The summed E-state index contributed by atoms with van der Waals surface area (Å²) < 4.78 is 0. The highest BCUT2D eigenvalue weighted by molar-refractivity contribution is 5.91. The van der Waals surface area contributed by atoms with E-state index in [9.17, 15) is 9.59 Å². The smallest absolute Gasteiger partial charge is 0.245 e. The number of carbonyl (C=O) groups is 2. The first-order chi connectivity index (χ1) is 10.7. The van der Waals surface area contributed by atoms with Crippen molar-refractivity contribution < 1.29 is 9.59 Å². The number of rotatable bonds is 7. The molecule has 2 amide bonds. The molecule has 0 radical (unpaired) electrons. The van der Waals surface area contributed by atoms with Gasteiger partial charge in [-0.1, -0.05) is 32.6 Å². The van der Waals surface area contributed by atoms with Crippen LogP contribution in [0.1, 0.15) is 71.1 Å². The van der Waals surface area contributed by atoms with E-state index in [0.717, 1.165) is 64.3 Å². The quantitative estimate of drug-likeness (QED) is 0.620. The van der Waals surface area contributed by atoms with Crippen LogP contribution in [0.4, 0.5) is 0 Å². The molecule has 1 aliphatic carbocycles. The highest BCUT2D eigenvalue weighted by Gasteiger charge is 2.40. The number of carbonyl (C=O) groups excluding carboxylic acids is 2. The van der Waals surface area contributed by atoms with E-state index < -0.39 is 5.54 Å². The molecule has 1 aliphatic heterocycles. The van der Waals surface area contributed by atoms with E-state index >= 15 is 0 Å². The maximum Gasteiger partial charge on any atom is 0.245 e. The van der Waals surface area contributed by atoms with Crippen LogP contribution in [0.2, 0.25) is 0 Å². The Morgan fingerprint density at radius 1 is 1.17 bits per heavy atom. The van der Waals surface area contributed by atoms with Gasteiger partial charge in [-0.05, 0) is 38.6 Å². The van der Waals surface area contributed by atoms with Gasteiger partial charge in [-0.25, -0.2) is 0 Å². The second-order valence-corrected chi connectivity index (χ2v) is 6.80. The fourth-order valence-electron chi connectivity index (χ4n) is 3.58. The molecular formula is C17H32ClN3O2. The lowest BCUT2D eigenvalue weighted by Gasteiger charge is -2.37. The maximum atomic E-state index is 12.6. The van der Waals surface area contributed by atoms with Crippen molar-refractivity contribution in [2.24, 2.45) is 0 Å². The summed E-state index contributed by atoms with van der Waals surface area (Å²) >= 11 is 0. The number of hydrogen-bond donors (Lipinski definition) is 3. The van der Waals surface area contributed by atoms with E-state index in [1.165, 1.54) is 0 Å². The molecule has 0 aromatic rings. The van der Waals surface area contributed by atoms with Crippen molar-refractivity contribution in [1.29, 1.82) is 0 Å². The van der Waals surface area contributed by atoms with Crippen LogP contribution in [0.5, 0.6) is 0 Å². The lowest BCUT2D eigenvalue weighted by atomic mass is 9.80. The Morgan fingerprint density at radius 2 is 1.91 bits per heavy atom. The summed E-state index contributed by atoms with van der Waals surface area (Å²) in [4.78, 5) is 25.0. The molecule has 5 nitrogen and oxygen atoms in total. The van der Waals surface area contributed by atoms with E-state index in [-0.39, 0.29) is 30.3 Å². The zero-order valence-electron chi connectivity index (χ0n) is 14.3. The van der Waals surface area contributed by atoms with Crippen LogP contribution in [0, 0.1) is 0 Å². The van der Waals surface area contributed by atoms with Crippen LogP contribution in [0.15, 0.2) is 0 Å². The van der Waals surface area contributed by atoms with Gasteiger partial charge >= 0.3 is 0 Å². The second kappa shape index (κ2) is 10.1. The van der Waals surface area contributed by atoms with Crippen LogP contribution < -0.4 is 16.0 Å². The van der Waals surface area contributed by atoms with Crippen molar-refractivity contribution in [1.82, 2.24) is 16.0 Å². The Bertz CT molecular complexity index is 378. The van der Waals surface area contributed by atoms with E-state index in [0.29, 0.717) is 13.0 Å². The van der Waals surface area contributed by atoms with Crippen LogP contribution in [-0.4, -0.2) is 36.5 Å². The summed E-state index contributed by atoms with van der Waals surface area (Å²) in [7, 11) is 0. The summed E-state index contributed by atoms with van der Waals surface area (Å²) in [5.41, 5.74) is -0.665. The number of hydrogen-bond acceptors (Lipinski definition) is 3. The number of nitrogens with one attached hydrogen (secondary N) is 3. The van der Waals surface area contributed by atoms with E-state index in [1.807, 2.05) is 0 Å². The summed E-state index contributed by atoms with van der Waals surface area (Å²) in [5, 5.41) is 9.47. The zero-order valence-corrected chi connectivity index (χ0v) is 15.1. The molecule has 0 aromatic heterocycles. The molecule has 2 aliphatic rings. The molecule has 1 saturated heterocycles. The third-order valence-electron chi connectivity index (χ3n) is 4.93. The van der Waals surface area contributed by atoms with Gasteiger partial charge in [-0.3, -0.25) is 9.59 Å². The van der Waals surface area contributed by atoms with Gasteiger partial charge in [0.1, 0.15) is 5.54 Å². The first-order valence-corrected chi connectivity index (χ1v) is 8.99. The molecule has 134 valence electrons. The van der Waals surface area contributed by atoms with Crippen LogP contribution >= 0.6 is 12.4 Å². The number of unbranched alkanes of at least 4 members (excludes halogenated alkanes) is 1. The van der Waals surface area contributed by atoms with Crippen molar-refractivity contribution in [2.75, 3.05) is 13.1 Å². The summed E-state index contributed by atoms with van der Waals surface area (Å²) in [6, 6.07) is 0.281. The fourth-order valence-corrected chi connectivity index (χ4v) is 3.58. The second-order valence-electron chi connectivity index (χ2n) is 6.80. The van der Waals surface area contributed by atoms with Gasteiger partial charge in [0.05, 0.1) is 0 Å². The minimum Gasteiger partial charge on any atom is -0.354 e. The lowest BCUT2D eigenvalue weighted by molar-refractivity contribution is -0.135.